The lowest BCUT2D eigenvalue weighted by Gasteiger charge is -2.30. The molecule has 0 bridgehead atoms. The van der Waals surface area contributed by atoms with Crippen LogP contribution in [-0.2, 0) is 13.0 Å². The number of H-pyrrole nitrogens is 1. The lowest BCUT2D eigenvalue weighted by atomic mass is 9.95. The molecule has 2 aliphatic rings. The highest BCUT2D eigenvalue weighted by Gasteiger charge is 2.26. The third-order valence-electron chi connectivity index (χ3n) is 6.41. The first-order chi connectivity index (χ1) is 14.7. The van der Waals surface area contributed by atoms with Gasteiger partial charge in [0.05, 0.1) is 43.7 Å². The lowest BCUT2D eigenvalue weighted by molar-refractivity contribution is 0.345. The molecule has 1 aromatic carbocycles. The first kappa shape index (κ1) is 19.0. The zero-order chi connectivity index (χ0) is 20.7. The Morgan fingerprint density at radius 3 is 2.63 bits per heavy atom. The number of rotatable bonds is 4. The van der Waals surface area contributed by atoms with E-state index < -0.39 is 0 Å². The summed E-state index contributed by atoms with van der Waals surface area (Å²) in [6.07, 6.45) is 9.37. The molecule has 3 heterocycles. The van der Waals surface area contributed by atoms with E-state index in [1.807, 2.05) is 6.33 Å². The second-order valence-electron chi connectivity index (χ2n) is 8.12. The van der Waals surface area contributed by atoms with Crippen molar-refractivity contribution in [3.8, 4) is 11.5 Å². The van der Waals surface area contributed by atoms with Crippen molar-refractivity contribution in [2.45, 2.75) is 51.1 Å². The molecule has 1 aliphatic carbocycles. The van der Waals surface area contributed by atoms with Crippen LogP contribution >= 0.6 is 0 Å². The van der Waals surface area contributed by atoms with Crippen LogP contribution in [0.1, 0.15) is 49.5 Å². The van der Waals surface area contributed by atoms with E-state index >= 15 is 0 Å². The summed E-state index contributed by atoms with van der Waals surface area (Å²) in [5.41, 5.74) is 2.83. The van der Waals surface area contributed by atoms with Gasteiger partial charge in [0.25, 0.3) is 5.56 Å². The summed E-state index contributed by atoms with van der Waals surface area (Å²) < 4.78 is 13.1. The van der Waals surface area contributed by atoms with Gasteiger partial charge >= 0.3 is 0 Å². The van der Waals surface area contributed by atoms with Crippen molar-refractivity contribution in [3.63, 3.8) is 0 Å². The standard InChI is InChI=1S/C22H27N5O3/c1-29-19-10-15-16(11-20(19)30-2)24-22(25-21(15)28)26-9-8-18-17(12-26)23-13-27(18)14-6-4-3-5-7-14/h10-11,13-14H,3-9,12H2,1-2H3,(H,24,25,28). The molecule has 30 heavy (non-hydrogen) atoms. The lowest BCUT2D eigenvalue weighted by Crippen LogP contribution is -2.34. The molecule has 8 heteroatoms. The van der Waals surface area contributed by atoms with E-state index in [2.05, 4.69) is 14.5 Å². The Morgan fingerprint density at radius 1 is 1.10 bits per heavy atom. The average Bonchev–Trinajstić information content (AvgIpc) is 3.22. The molecule has 0 radical (unpaired) electrons. The van der Waals surface area contributed by atoms with Gasteiger partial charge in [-0.1, -0.05) is 19.3 Å². The zero-order valence-electron chi connectivity index (χ0n) is 17.5. The molecule has 0 spiro atoms. The number of imidazole rings is 1. The molecule has 0 amide bonds. The summed E-state index contributed by atoms with van der Waals surface area (Å²) in [6.45, 7) is 1.45. The SMILES string of the molecule is COc1cc2nc(N3CCc4c(ncn4C4CCCCC4)C3)[nH]c(=O)c2cc1OC. The van der Waals surface area contributed by atoms with Crippen molar-refractivity contribution in [1.82, 2.24) is 19.5 Å². The third-order valence-corrected chi connectivity index (χ3v) is 6.41. The summed E-state index contributed by atoms with van der Waals surface area (Å²) in [4.78, 5) is 27.2. The van der Waals surface area contributed by atoms with Crippen molar-refractivity contribution < 1.29 is 9.47 Å². The normalized spacial score (nSPS) is 17.2. The Bertz CT molecular complexity index is 1130. The van der Waals surface area contributed by atoms with E-state index in [9.17, 15) is 4.79 Å². The van der Waals surface area contributed by atoms with Gasteiger partial charge in [0.1, 0.15) is 0 Å². The summed E-state index contributed by atoms with van der Waals surface area (Å²) in [6, 6.07) is 4.01. The minimum atomic E-state index is -0.186. The Balaban J connectivity index is 1.45. The van der Waals surface area contributed by atoms with Crippen molar-refractivity contribution in [2.75, 3.05) is 25.7 Å². The maximum absolute atomic E-state index is 12.7. The number of fused-ring (bicyclic) bond motifs is 2. The number of aromatic amines is 1. The quantitative estimate of drug-likeness (QED) is 0.712. The molecule has 0 unspecified atom stereocenters. The Morgan fingerprint density at radius 2 is 1.87 bits per heavy atom. The fourth-order valence-electron chi connectivity index (χ4n) is 4.79. The van der Waals surface area contributed by atoms with Crippen LogP contribution in [-0.4, -0.2) is 40.3 Å². The molecule has 158 valence electrons. The number of hydrogen-bond acceptors (Lipinski definition) is 6. The van der Waals surface area contributed by atoms with Gasteiger partial charge in [0.2, 0.25) is 5.95 Å². The summed E-state index contributed by atoms with van der Waals surface area (Å²) in [5, 5.41) is 0.482. The van der Waals surface area contributed by atoms with Gasteiger partial charge in [-0.3, -0.25) is 9.78 Å². The van der Waals surface area contributed by atoms with Crippen LogP contribution in [0.3, 0.4) is 0 Å². The Kier molecular flexibility index (Phi) is 4.84. The number of methoxy groups -OCH3 is 2. The monoisotopic (exact) mass is 409 g/mol. The molecule has 0 atom stereocenters. The first-order valence-corrected chi connectivity index (χ1v) is 10.6. The minimum Gasteiger partial charge on any atom is -0.493 e. The van der Waals surface area contributed by atoms with E-state index in [1.165, 1.54) is 37.8 Å². The Hall–Kier alpha value is -3.03. The number of anilines is 1. The van der Waals surface area contributed by atoms with Gasteiger partial charge in [0, 0.05) is 30.8 Å². The molecule has 5 rings (SSSR count). The highest BCUT2D eigenvalue weighted by molar-refractivity contribution is 5.82. The van der Waals surface area contributed by atoms with Crippen molar-refractivity contribution in [2.24, 2.45) is 0 Å². The summed E-state index contributed by atoms with van der Waals surface area (Å²) in [7, 11) is 3.13. The van der Waals surface area contributed by atoms with Gasteiger partial charge in [-0.15, -0.1) is 0 Å². The van der Waals surface area contributed by atoms with Crippen LogP contribution in [0.15, 0.2) is 23.3 Å². The van der Waals surface area contributed by atoms with Crippen LogP contribution in [0.4, 0.5) is 5.95 Å². The third kappa shape index (κ3) is 3.20. The maximum atomic E-state index is 12.7. The number of benzene rings is 1. The maximum Gasteiger partial charge on any atom is 0.260 e. The molecule has 1 saturated carbocycles. The van der Waals surface area contributed by atoms with Crippen molar-refractivity contribution >= 4 is 16.9 Å². The van der Waals surface area contributed by atoms with Gasteiger partial charge in [-0.05, 0) is 18.9 Å². The molecule has 0 saturated heterocycles. The summed E-state index contributed by atoms with van der Waals surface area (Å²) >= 11 is 0. The number of nitrogens with one attached hydrogen (secondary N) is 1. The van der Waals surface area contributed by atoms with Crippen molar-refractivity contribution in [3.05, 3.63) is 40.2 Å². The van der Waals surface area contributed by atoms with Crippen molar-refractivity contribution in [1.29, 1.82) is 0 Å². The fraction of sp³-hybridized carbons (Fsp3) is 0.500. The van der Waals surface area contributed by atoms with E-state index in [1.54, 1.807) is 26.4 Å². The number of ether oxygens (including phenoxy) is 2. The molecule has 1 N–H and O–H groups in total. The molecule has 3 aromatic rings. The molecule has 8 nitrogen and oxygen atoms in total. The molecular formula is C22H27N5O3. The highest BCUT2D eigenvalue weighted by atomic mass is 16.5. The van der Waals surface area contributed by atoms with Crippen LogP contribution in [0.5, 0.6) is 11.5 Å². The van der Waals surface area contributed by atoms with Crippen LogP contribution in [0.2, 0.25) is 0 Å². The number of hydrogen-bond donors (Lipinski definition) is 1. The second-order valence-corrected chi connectivity index (χ2v) is 8.12. The fourth-order valence-corrected chi connectivity index (χ4v) is 4.79. The van der Waals surface area contributed by atoms with Crippen LogP contribution in [0, 0.1) is 0 Å². The average molecular weight is 409 g/mol. The van der Waals surface area contributed by atoms with E-state index in [0.717, 1.165) is 18.7 Å². The van der Waals surface area contributed by atoms with Gasteiger partial charge in [0.15, 0.2) is 11.5 Å². The predicted molar refractivity (Wildman–Crippen MR) is 115 cm³/mol. The Labute approximate surface area is 174 Å². The number of nitrogens with zero attached hydrogens (tertiary/aromatic N) is 4. The molecular weight excluding hydrogens is 382 g/mol. The van der Waals surface area contributed by atoms with Crippen LogP contribution < -0.4 is 19.9 Å². The zero-order valence-corrected chi connectivity index (χ0v) is 17.5. The van der Waals surface area contributed by atoms with E-state index in [-0.39, 0.29) is 5.56 Å². The van der Waals surface area contributed by atoms with Gasteiger partial charge in [-0.2, -0.15) is 0 Å². The molecule has 1 fully saturated rings. The summed E-state index contributed by atoms with van der Waals surface area (Å²) in [5.74, 6) is 1.64. The van der Waals surface area contributed by atoms with E-state index in [0.29, 0.717) is 40.9 Å². The van der Waals surface area contributed by atoms with E-state index in [4.69, 9.17) is 19.4 Å². The van der Waals surface area contributed by atoms with Crippen LogP contribution in [0.25, 0.3) is 10.9 Å². The van der Waals surface area contributed by atoms with Gasteiger partial charge < -0.3 is 18.9 Å². The first-order valence-electron chi connectivity index (χ1n) is 10.6. The largest absolute Gasteiger partial charge is 0.493 e. The molecule has 1 aliphatic heterocycles. The molecule has 2 aromatic heterocycles. The highest BCUT2D eigenvalue weighted by Crippen LogP contribution is 2.33. The second kappa shape index (κ2) is 7.66. The smallest absolute Gasteiger partial charge is 0.260 e. The number of aromatic nitrogens is 4. The van der Waals surface area contributed by atoms with Gasteiger partial charge in [-0.25, -0.2) is 9.97 Å². The topological polar surface area (TPSA) is 85.3 Å². The predicted octanol–water partition coefficient (Wildman–Crippen LogP) is 3.20. The minimum absolute atomic E-state index is 0.186.